The van der Waals surface area contributed by atoms with E-state index in [1.54, 1.807) is 45.0 Å². The van der Waals surface area contributed by atoms with Crippen LogP contribution in [0.25, 0.3) is 0 Å². The van der Waals surface area contributed by atoms with Gasteiger partial charge < -0.3 is 36.5 Å². The maximum Gasteiger partial charge on any atom is 0.407 e. The Morgan fingerprint density at radius 2 is 1.59 bits per heavy atom. The van der Waals surface area contributed by atoms with Crippen molar-refractivity contribution in [2.75, 3.05) is 25.0 Å². The Bertz CT molecular complexity index is 1440. The Morgan fingerprint density at radius 3 is 2.17 bits per heavy atom. The number of Topliss-reactive ketones (excluding diaryl/α,β-unsaturated/α-hetero) is 1. The summed E-state index contributed by atoms with van der Waals surface area (Å²) in [7, 11) is 0. The second-order valence-corrected chi connectivity index (χ2v) is 13.8. The molecule has 1 aromatic carbocycles. The summed E-state index contributed by atoms with van der Waals surface area (Å²) < 4.78 is 47.7. The molecule has 0 aliphatic carbocycles. The van der Waals surface area contributed by atoms with Gasteiger partial charge in [-0.3, -0.25) is 29.4 Å². The zero-order valence-corrected chi connectivity index (χ0v) is 31.3. The lowest BCUT2D eigenvalue weighted by Gasteiger charge is -2.30. The summed E-state index contributed by atoms with van der Waals surface area (Å²) in [5.41, 5.74) is 6.05. The number of carbonyl (C=O) groups is 7. The van der Waals surface area contributed by atoms with E-state index in [0.29, 0.717) is 36.9 Å². The molecule has 0 radical (unpaired) electrons. The van der Waals surface area contributed by atoms with Crippen molar-refractivity contribution in [1.82, 2.24) is 26.2 Å². The first-order valence-electron chi connectivity index (χ1n) is 18.2. The highest BCUT2D eigenvalue weighted by Gasteiger charge is 2.42. The molecule has 0 spiro atoms. The lowest BCUT2D eigenvalue weighted by Crippen LogP contribution is -2.58. The zero-order valence-electron chi connectivity index (χ0n) is 31.3. The lowest BCUT2D eigenvalue weighted by atomic mass is 9.99. The molecule has 1 aromatic rings. The Hall–Kier alpha value is -4.74. The van der Waals surface area contributed by atoms with Crippen molar-refractivity contribution in [1.29, 1.82) is 0 Å². The molecule has 1 aliphatic heterocycles. The molecule has 15 nitrogen and oxygen atoms in total. The van der Waals surface area contributed by atoms with Gasteiger partial charge in [-0.2, -0.15) is 13.2 Å². The zero-order chi connectivity index (χ0) is 40.4. The van der Waals surface area contributed by atoms with Crippen LogP contribution in [0.15, 0.2) is 24.3 Å². The van der Waals surface area contributed by atoms with Gasteiger partial charge >= 0.3 is 18.3 Å². The third-order valence-corrected chi connectivity index (χ3v) is 8.74. The van der Waals surface area contributed by atoms with Crippen LogP contribution in [-0.4, -0.2) is 90.4 Å². The SMILES string of the molecule is CC(=O)CCCNC(=O)OCc1ccc(NC(=O)C(CCCNC(N)=O)NC(=O)C(NC(CCCCCN2C(=O)CC(C)C2=O)C(F)(F)F)C(C)C)cc1. The number of benzene rings is 1. The van der Waals surface area contributed by atoms with Gasteiger partial charge in [0.2, 0.25) is 23.6 Å². The normalized spacial score (nSPS) is 16.1. The molecule has 7 amide bonds. The molecule has 1 aliphatic rings. The molecule has 0 aromatic heterocycles. The first-order chi connectivity index (χ1) is 25.4. The fraction of sp³-hybridized carbons (Fsp3) is 0.639. The summed E-state index contributed by atoms with van der Waals surface area (Å²) in [5.74, 6) is -3.04. The number of carbonyl (C=O) groups excluding carboxylic acids is 7. The van der Waals surface area contributed by atoms with Gasteiger partial charge in [-0.1, -0.05) is 45.7 Å². The predicted molar refractivity (Wildman–Crippen MR) is 192 cm³/mol. The number of nitrogens with one attached hydrogen (secondary N) is 5. The fourth-order valence-electron chi connectivity index (χ4n) is 5.70. The molecule has 7 N–H and O–H groups in total. The summed E-state index contributed by atoms with van der Waals surface area (Å²) in [6.45, 7) is 6.70. The molecule has 2 rings (SSSR count). The molecule has 1 heterocycles. The van der Waals surface area contributed by atoms with Crippen LogP contribution < -0.4 is 32.3 Å². The number of hydrogen-bond donors (Lipinski definition) is 6. The second kappa shape index (κ2) is 22.5. The number of primary amides is 1. The number of anilines is 1. The van der Waals surface area contributed by atoms with Crippen LogP contribution in [0.2, 0.25) is 0 Å². The van der Waals surface area contributed by atoms with Crippen molar-refractivity contribution in [3.8, 4) is 0 Å². The number of alkyl carbamates (subject to hydrolysis) is 1. The highest BCUT2D eigenvalue weighted by atomic mass is 19.4. The number of urea groups is 1. The van der Waals surface area contributed by atoms with Crippen molar-refractivity contribution in [2.24, 2.45) is 17.6 Å². The number of ketones is 1. The van der Waals surface area contributed by atoms with Crippen LogP contribution in [0.1, 0.15) is 91.0 Å². The summed E-state index contributed by atoms with van der Waals surface area (Å²) in [5, 5.41) is 12.6. The molecule has 0 saturated carbocycles. The molecular formula is C36H54F3N7O8. The van der Waals surface area contributed by atoms with Crippen molar-refractivity contribution >= 4 is 47.2 Å². The molecule has 0 bridgehead atoms. The molecule has 4 atom stereocenters. The van der Waals surface area contributed by atoms with Crippen LogP contribution in [0.5, 0.6) is 0 Å². The maximum atomic E-state index is 14.2. The van der Waals surface area contributed by atoms with Gasteiger partial charge in [-0.25, -0.2) is 9.59 Å². The van der Waals surface area contributed by atoms with Crippen LogP contribution in [-0.2, 0) is 35.3 Å². The number of hydrogen-bond acceptors (Lipinski definition) is 9. The first-order valence-corrected chi connectivity index (χ1v) is 18.2. The van der Waals surface area contributed by atoms with Gasteiger partial charge in [-0.15, -0.1) is 0 Å². The fourth-order valence-corrected chi connectivity index (χ4v) is 5.70. The van der Waals surface area contributed by atoms with Crippen LogP contribution >= 0.6 is 0 Å². The molecule has 4 unspecified atom stereocenters. The Kier molecular flexibility index (Phi) is 18.9. The largest absolute Gasteiger partial charge is 0.445 e. The smallest absolute Gasteiger partial charge is 0.407 e. The number of nitrogens with two attached hydrogens (primary N) is 1. The predicted octanol–water partition coefficient (Wildman–Crippen LogP) is 3.65. The monoisotopic (exact) mass is 769 g/mol. The van der Waals surface area contributed by atoms with E-state index in [9.17, 15) is 46.7 Å². The standard InChI is InChI=1S/C36H54F3N7O8/c1-22(2)30(45-28(36(37,38)39)12-6-5-7-19-46-29(48)20-23(3)33(46)51)32(50)44-27(11-9-17-41-34(40)52)31(49)43-26-15-13-25(14-16-26)21-54-35(53)42-18-8-10-24(4)47/h13-16,22-23,27-28,30,45H,5-12,17-21H2,1-4H3,(H,42,53)(H,43,49)(H,44,50)(H3,40,41,52). The van der Waals surface area contributed by atoms with Crippen LogP contribution in [0.3, 0.4) is 0 Å². The quantitative estimate of drug-likeness (QED) is 0.0706. The number of rotatable bonds is 23. The second-order valence-electron chi connectivity index (χ2n) is 13.8. The molecule has 1 fully saturated rings. The van der Waals surface area contributed by atoms with Crippen molar-refractivity contribution in [3.63, 3.8) is 0 Å². The number of unbranched alkanes of at least 4 members (excludes halogenated alkanes) is 2. The summed E-state index contributed by atoms with van der Waals surface area (Å²) in [6.07, 6.45) is -3.74. The van der Waals surface area contributed by atoms with Gasteiger partial charge in [0.25, 0.3) is 0 Å². The maximum absolute atomic E-state index is 14.2. The van der Waals surface area contributed by atoms with Crippen molar-refractivity contribution in [3.05, 3.63) is 29.8 Å². The summed E-state index contributed by atoms with van der Waals surface area (Å²) >= 11 is 0. The van der Waals surface area contributed by atoms with Crippen molar-refractivity contribution < 1.29 is 51.5 Å². The highest BCUT2D eigenvalue weighted by molar-refractivity contribution is 6.03. The third kappa shape index (κ3) is 16.5. The number of amides is 7. The lowest BCUT2D eigenvalue weighted by molar-refractivity contribution is -0.161. The minimum absolute atomic E-state index is 0.0135. The number of nitrogens with zero attached hydrogens (tertiary/aromatic N) is 1. The molecule has 54 heavy (non-hydrogen) atoms. The van der Waals surface area contributed by atoms with E-state index in [2.05, 4.69) is 26.6 Å². The first kappa shape index (κ1) is 45.4. The average Bonchev–Trinajstić information content (AvgIpc) is 3.33. The van der Waals surface area contributed by atoms with E-state index in [-0.39, 0.29) is 75.9 Å². The topological polar surface area (TPSA) is 218 Å². The molecule has 302 valence electrons. The number of ether oxygens (including phenoxy) is 1. The highest BCUT2D eigenvalue weighted by Crippen LogP contribution is 2.26. The van der Waals surface area contributed by atoms with E-state index < -0.39 is 60.1 Å². The van der Waals surface area contributed by atoms with Crippen molar-refractivity contribution in [2.45, 2.75) is 116 Å². The van der Waals surface area contributed by atoms with Gasteiger partial charge in [-0.05, 0) is 62.6 Å². The molecular weight excluding hydrogens is 715 g/mol. The van der Waals surface area contributed by atoms with Crippen LogP contribution in [0.4, 0.5) is 28.4 Å². The third-order valence-electron chi connectivity index (χ3n) is 8.74. The summed E-state index contributed by atoms with van der Waals surface area (Å²) in [6, 6.07) is 0.930. The van der Waals surface area contributed by atoms with Crippen LogP contribution in [0, 0.1) is 11.8 Å². The molecule has 18 heteroatoms. The number of halogens is 3. The Labute approximate surface area is 313 Å². The Balaban J connectivity index is 2.02. The minimum atomic E-state index is -4.70. The van der Waals surface area contributed by atoms with E-state index in [0.717, 1.165) is 4.90 Å². The number of imide groups is 1. The van der Waals surface area contributed by atoms with E-state index in [1.807, 2.05) is 0 Å². The Morgan fingerprint density at radius 1 is 0.926 bits per heavy atom. The summed E-state index contributed by atoms with van der Waals surface area (Å²) in [4.78, 5) is 86.2. The van der Waals surface area contributed by atoms with E-state index in [1.165, 1.54) is 6.92 Å². The minimum Gasteiger partial charge on any atom is -0.445 e. The van der Waals surface area contributed by atoms with E-state index >= 15 is 0 Å². The van der Waals surface area contributed by atoms with Gasteiger partial charge in [0.05, 0.1) is 6.04 Å². The van der Waals surface area contributed by atoms with Gasteiger partial charge in [0.1, 0.15) is 24.5 Å². The molecule has 1 saturated heterocycles. The van der Waals surface area contributed by atoms with Gasteiger partial charge in [0, 0.05) is 44.1 Å². The number of likely N-dealkylation sites (tertiary alicyclic amines) is 1. The van der Waals surface area contributed by atoms with E-state index in [4.69, 9.17) is 10.5 Å². The van der Waals surface area contributed by atoms with Gasteiger partial charge in [0.15, 0.2) is 0 Å². The average molecular weight is 770 g/mol. The number of alkyl halides is 3.